The molecule has 0 saturated carbocycles. The lowest BCUT2D eigenvalue weighted by Crippen LogP contribution is -2.88. The first kappa shape index (κ1) is 19.1. The molecule has 2 atom stereocenters. The summed E-state index contributed by atoms with van der Waals surface area (Å²) in [6.45, 7) is 20.0. The van der Waals surface area contributed by atoms with E-state index in [1.165, 1.54) is 6.55 Å². The van der Waals surface area contributed by atoms with E-state index in [9.17, 15) is 0 Å². The maximum atomic E-state index is 15.8. The Kier molecular flexibility index (Phi) is 4.58. The summed E-state index contributed by atoms with van der Waals surface area (Å²) < 4.78 is 43.4. The van der Waals surface area contributed by atoms with E-state index in [0.29, 0.717) is 0 Å². The molecular formula is C10H30F2O2Si6. The predicted molar refractivity (Wildman–Crippen MR) is 97.6 cm³/mol. The van der Waals surface area contributed by atoms with Gasteiger partial charge >= 0.3 is 16.7 Å². The van der Waals surface area contributed by atoms with Crippen molar-refractivity contribution in [3.63, 3.8) is 0 Å². The third-order valence-electron chi connectivity index (χ3n) is 6.02. The van der Waals surface area contributed by atoms with Gasteiger partial charge in [0.25, 0.3) is 7.44 Å². The third kappa shape index (κ3) is 2.59. The van der Waals surface area contributed by atoms with Gasteiger partial charge in [-0.15, -0.1) is 0 Å². The van der Waals surface area contributed by atoms with Crippen LogP contribution in [-0.4, -0.2) is 46.2 Å². The Hall–Kier alpha value is 1.08. The van der Waals surface area contributed by atoms with Crippen molar-refractivity contribution in [1.82, 2.24) is 0 Å². The Bertz CT molecular complexity index is 375. The number of hydrogen-bond acceptors (Lipinski definition) is 2. The van der Waals surface area contributed by atoms with Crippen LogP contribution in [0.2, 0.25) is 65.5 Å². The molecule has 2 unspecified atom stereocenters. The molecule has 0 spiro atoms. The Balaban J connectivity index is 3.58. The maximum absolute atomic E-state index is 15.8. The van der Waals surface area contributed by atoms with Crippen molar-refractivity contribution in [1.29, 1.82) is 0 Å². The van der Waals surface area contributed by atoms with Gasteiger partial charge in [-0.1, -0.05) is 26.2 Å². The molecular weight excluding hydrogens is 359 g/mol. The Morgan fingerprint density at radius 3 is 1.40 bits per heavy atom. The average Bonchev–Trinajstić information content (AvgIpc) is 2.10. The van der Waals surface area contributed by atoms with Crippen LogP contribution in [0, 0.1) is 0 Å². The summed E-state index contributed by atoms with van der Waals surface area (Å²) in [5.41, 5.74) is 0. The number of rotatable bonds is 0. The zero-order valence-corrected chi connectivity index (χ0v) is 20.6. The molecule has 1 aliphatic rings. The molecule has 2 nitrogen and oxygen atoms in total. The van der Waals surface area contributed by atoms with Gasteiger partial charge < -0.3 is 12.3 Å². The molecule has 0 aromatic heterocycles. The fraction of sp³-hybridized carbons (Fsp3) is 1.00. The fourth-order valence-corrected chi connectivity index (χ4v) is 107. The standard InChI is InChI=1S/C10H30F2O2Si6/c1-15(2)13-16(3,4)17(5,6)18(7,8)20(10,12)19(9,11)14-15/h1-10H3. The number of hydrogen-bond donors (Lipinski definition) is 0. The van der Waals surface area contributed by atoms with Crippen molar-refractivity contribution in [3.05, 3.63) is 0 Å². The summed E-state index contributed by atoms with van der Waals surface area (Å²) in [4.78, 5) is 0. The van der Waals surface area contributed by atoms with Crippen LogP contribution in [0.5, 0.6) is 0 Å². The average molecular weight is 389 g/mol. The van der Waals surface area contributed by atoms with Crippen LogP contribution in [0.4, 0.5) is 8.22 Å². The maximum Gasteiger partial charge on any atom is 0.385 e. The van der Waals surface area contributed by atoms with Crippen molar-refractivity contribution < 1.29 is 16.4 Å². The highest BCUT2D eigenvalue weighted by Crippen LogP contribution is 2.44. The van der Waals surface area contributed by atoms with Gasteiger partial charge in [0.2, 0.25) is 0 Å². The molecule has 0 bridgehead atoms. The van der Waals surface area contributed by atoms with E-state index in [2.05, 4.69) is 39.3 Å². The highest BCUT2D eigenvalue weighted by molar-refractivity contribution is 7.89. The lowest BCUT2D eigenvalue weighted by molar-refractivity contribution is 0.373. The second-order valence-electron chi connectivity index (χ2n) is 8.28. The molecule has 20 heavy (non-hydrogen) atoms. The fourth-order valence-electron chi connectivity index (χ4n) is 3.22. The lowest BCUT2D eigenvalue weighted by Gasteiger charge is -2.57. The highest BCUT2D eigenvalue weighted by Gasteiger charge is 2.74. The van der Waals surface area contributed by atoms with Crippen molar-refractivity contribution in [2.45, 2.75) is 65.5 Å². The van der Waals surface area contributed by atoms with Crippen LogP contribution < -0.4 is 0 Å². The molecule has 1 rings (SSSR count). The molecule has 0 aromatic rings. The second kappa shape index (κ2) is 4.79. The zero-order valence-electron chi connectivity index (χ0n) is 14.6. The largest absolute Gasteiger partial charge is 0.439 e. The van der Waals surface area contributed by atoms with Gasteiger partial charge in [-0.2, -0.15) is 0 Å². The first-order valence-corrected chi connectivity index (χ1v) is 27.6. The van der Waals surface area contributed by atoms with Gasteiger partial charge in [0.05, 0.1) is 14.2 Å². The molecule has 0 radical (unpaired) electrons. The van der Waals surface area contributed by atoms with E-state index in [-0.39, 0.29) is 0 Å². The van der Waals surface area contributed by atoms with Gasteiger partial charge in [-0.25, -0.2) is 0 Å². The van der Waals surface area contributed by atoms with Crippen molar-refractivity contribution in [2.24, 2.45) is 0 Å². The highest BCUT2D eigenvalue weighted by atomic mass is 30.0. The van der Waals surface area contributed by atoms with Crippen LogP contribution in [0.1, 0.15) is 0 Å². The lowest BCUT2D eigenvalue weighted by atomic mass is 11.9. The predicted octanol–water partition coefficient (Wildman–Crippen LogP) is 4.26. The van der Waals surface area contributed by atoms with Gasteiger partial charge in [-0.05, 0) is 39.3 Å². The van der Waals surface area contributed by atoms with Gasteiger partial charge in [0, 0.05) is 0 Å². The molecule has 0 aliphatic carbocycles. The molecule has 0 N–H and O–H groups in total. The van der Waals surface area contributed by atoms with E-state index in [1.807, 2.05) is 13.1 Å². The normalized spacial score (nSPS) is 42.6. The molecule has 120 valence electrons. The van der Waals surface area contributed by atoms with Crippen LogP contribution >= 0.6 is 0 Å². The summed E-state index contributed by atoms with van der Waals surface area (Å²) in [5.74, 6) is 0. The molecule has 1 heterocycles. The van der Waals surface area contributed by atoms with E-state index in [0.717, 1.165) is 0 Å². The minimum atomic E-state index is -3.80. The molecule has 1 fully saturated rings. The first-order valence-electron chi connectivity index (χ1n) is 7.19. The van der Waals surface area contributed by atoms with Crippen LogP contribution in [0.25, 0.3) is 0 Å². The van der Waals surface area contributed by atoms with Gasteiger partial charge in [0.1, 0.15) is 0 Å². The minimum Gasteiger partial charge on any atom is -0.439 e. The quantitative estimate of drug-likeness (QED) is 0.456. The minimum absolute atomic E-state index is 1.45. The topological polar surface area (TPSA) is 18.5 Å². The summed E-state index contributed by atoms with van der Waals surface area (Å²) in [7, 11) is -16.2. The molecule has 0 aromatic carbocycles. The van der Waals surface area contributed by atoms with E-state index in [1.54, 1.807) is 6.55 Å². The molecule has 1 saturated heterocycles. The van der Waals surface area contributed by atoms with E-state index < -0.39 is 46.2 Å². The van der Waals surface area contributed by atoms with Crippen LogP contribution in [-0.2, 0) is 8.23 Å². The molecule has 1 aliphatic heterocycles. The van der Waals surface area contributed by atoms with Crippen LogP contribution in [0.3, 0.4) is 0 Å². The zero-order chi connectivity index (χ0) is 16.4. The van der Waals surface area contributed by atoms with Crippen LogP contribution in [0.15, 0.2) is 0 Å². The van der Waals surface area contributed by atoms with Crippen molar-refractivity contribution in [3.8, 4) is 0 Å². The summed E-state index contributed by atoms with van der Waals surface area (Å²) in [5, 5.41) is 0. The molecule has 0 amide bonds. The first-order chi connectivity index (χ1) is 8.41. The van der Waals surface area contributed by atoms with E-state index in [4.69, 9.17) is 8.23 Å². The van der Waals surface area contributed by atoms with Crippen molar-refractivity contribution in [2.75, 3.05) is 0 Å². The summed E-state index contributed by atoms with van der Waals surface area (Å²) >= 11 is 0. The summed E-state index contributed by atoms with van der Waals surface area (Å²) in [6.07, 6.45) is 0. The molecule has 10 heteroatoms. The van der Waals surface area contributed by atoms with Crippen molar-refractivity contribution >= 4 is 46.2 Å². The Morgan fingerprint density at radius 2 is 1.00 bits per heavy atom. The van der Waals surface area contributed by atoms with E-state index >= 15 is 8.22 Å². The van der Waals surface area contributed by atoms with Gasteiger partial charge in [0.15, 0.2) is 7.83 Å². The number of halogens is 2. The summed E-state index contributed by atoms with van der Waals surface area (Å²) in [6, 6.07) is 0. The Labute approximate surface area is 128 Å². The van der Waals surface area contributed by atoms with Gasteiger partial charge in [-0.3, -0.25) is 4.11 Å². The third-order valence-corrected chi connectivity index (χ3v) is 91.0. The monoisotopic (exact) mass is 388 g/mol. The Morgan fingerprint density at radius 1 is 0.600 bits per heavy atom. The SMILES string of the molecule is C[Si]1(C)O[Si](C)(C)[Si](C)(C)[Si](C)(C)[Si](C)(F)[Si](C)(F)O1. The second-order valence-corrected chi connectivity index (χ2v) is 57.5. The smallest absolute Gasteiger partial charge is 0.385 e.